The number of halogens is 1. The smallest absolute Gasteiger partial charge is 0.256 e. The van der Waals surface area contributed by atoms with Gasteiger partial charge in [-0.2, -0.15) is 0 Å². The quantitative estimate of drug-likeness (QED) is 0.632. The zero-order chi connectivity index (χ0) is 8.55. The first kappa shape index (κ1) is 7.37. The molecule has 60 valence electrons. The Morgan fingerprint density at radius 3 is 2.92 bits per heavy atom. The van der Waals surface area contributed by atoms with Gasteiger partial charge in [-0.1, -0.05) is 12.1 Å². The first-order valence-electron chi connectivity index (χ1n) is 3.45. The van der Waals surface area contributed by atoms with Crippen molar-refractivity contribution in [1.29, 1.82) is 0 Å². The van der Waals surface area contributed by atoms with E-state index in [2.05, 4.69) is 0 Å². The third kappa shape index (κ3) is 1.01. The van der Waals surface area contributed by atoms with Crippen LogP contribution < -0.4 is 0 Å². The largest absolute Gasteiger partial charge is 0.464 e. The minimum Gasteiger partial charge on any atom is -0.464 e. The Bertz CT molecular complexity index is 431. The van der Waals surface area contributed by atoms with Crippen molar-refractivity contribution in [2.24, 2.45) is 0 Å². The van der Waals surface area contributed by atoms with Crippen LogP contribution in [-0.2, 0) is 0 Å². The zero-order valence-electron chi connectivity index (χ0n) is 6.08. The Morgan fingerprint density at radius 2 is 2.17 bits per heavy atom. The van der Waals surface area contributed by atoms with Crippen molar-refractivity contribution in [2.75, 3.05) is 0 Å². The molecule has 0 radical (unpaired) electrons. The fourth-order valence-electron chi connectivity index (χ4n) is 1.15. The molecule has 12 heavy (non-hydrogen) atoms. The maximum Gasteiger partial charge on any atom is 0.256 e. The summed E-state index contributed by atoms with van der Waals surface area (Å²) in [6.45, 7) is 0. The second-order valence-corrected chi connectivity index (χ2v) is 2.76. The van der Waals surface area contributed by atoms with Gasteiger partial charge in [0, 0.05) is 5.39 Å². The topological polar surface area (TPSA) is 30.2 Å². The highest BCUT2D eigenvalue weighted by molar-refractivity contribution is 6.68. The van der Waals surface area contributed by atoms with Crippen LogP contribution in [-0.4, -0.2) is 5.24 Å². The SMILES string of the molecule is O=C(Cl)c1cccc2ccoc12. The molecular formula is C9H5ClO2. The van der Waals surface area contributed by atoms with Crippen LogP contribution in [0.3, 0.4) is 0 Å². The van der Waals surface area contributed by atoms with E-state index in [1.54, 1.807) is 18.2 Å². The van der Waals surface area contributed by atoms with Gasteiger partial charge in [-0.05, 0) is 23.7 Å². The minimum absolute atomic E-state index is 0.416. The molecule has 0 aliphatic heterocycles. The number of benzene rings is 1. The van der Waals surface area contributed by atoms with Gasteiger partial charge in [-0.3, -0.25) is 4.79 Å². The predicted molar refractivity (Wildman–Crippen MR) is 46.4 cm³/mol. The monoisotopic (exact) mass is 180 g/mol. The molecule has 0 fully saturated rings. The van der Waals surface area contributed by atoms with E-state index in [9.17, 15) is 4.79 Å². The number of fused-ring (bicyclic) bond motifs is 1. The molecule has 0 atom stereocenters. The van der Waals surface area contributed by atoms with E-state index < -0.39 is 5.24 Å². The van der Waals surface area contributed by atoms with Crippen LogP contribution in [0.5, 0.6) is 0 Å². The van der Waals surface area contributed by atoms with Crippen LogP contribution >= 0.6 is 11.6 Å². The summed E-state index contributed by atoms with van der Waals surface area (Å²) in [6.07, 6.45) is 1.54. The van der Waals surface area contributed by atoms with E-state index >= 15 is 0 Å². The van der Waals surface area contributed by atoms with E-state index in [0.29, 0.717) is 11.1 Å². The lowest BCUT2D eigenvalue weighted by Gasteiger charge is -1.93. The van der Waals surface area contributed by atoms with Gasteiger partial charge in [-0.25, -0.2) is 0 Å². The normalized spacial score (nSPS) is 10.4. The van der Waals surface area contributed by atoms with E-state index in [1.165, 1.54) is 6.26 Å². The Kier molecular flexibility index (Phi) is 1.62. The molecular weight excluding hydrogens is 176 g/mol. The standard InChI is InChI=1S/C9H5ClO2/c10-9(11)7-3-1-2-6-4-5-12-8(6)7/h1-5H. The molecule has 0 spiro atoms. The highest BCUT2D eigenvalue weighted by Gasteiger charge is 2.08. The molecule has 1 heterocycles. The summed E-state index contributed by atoms with van der Waals surface area (Å²) in [5, 5.41) is 0.400. The molecule has 2 nitrogen and oxygen atoms in total. The fourth-order valence-corrected chi connectivity index (χ4v) is 1.30. The molecule has 2 rings (SSSR count). The Morgan fingerprint density at radius 1 is 1.33 bits per heavy atom. The van der Waals surface area contributed by atoms with E-state index in [0.717, 1.165) is 5.39 Å². The molecule has 0 amide bonds. The van der Waals surface area contributed by atoms with Gasteiger partial charge in [0.1, 0.15) is 5.58 Å². The van der Waals surface area contributed by atoms with Crippen molar-refractivity contribution in [3.63, 3.8) is 0 Å². The minimum atomic E-state index is -0.490. The van der Waals surface area contributed by atoms with Gasteiger partial charge in [-0.15, -0.1) is 0 Å². The Balaban J connectivity index is 2.82. The van der Waals surface area contributed by atoms with E-state index in [-0.39, 0.29) is 0 Å². The Hall–Kier alpha value is -1.28. The van der Waals surface area contributed by atoms with Crippen molar-refractivity contribution in [1.82, 2.24) is 0 Å². The van der Waals surface area contributed by atoms with Gasteiger partial charge in [0.05, 0.1) is 11.8 Å². The van der Waals surface area contributed by atoms with Crippen LogP contribution in [0, 0.1) is 0 Å². The molecule has 1 aromatic heterocycles. The maximum absolute atomic E-state index is 10.9. The number of rotatable bonds is 1. The summed E-state index contributed by atoms with van der Waals surface area (Å²) >= 11 is 5.34. The maximum atomic E-state index is 10.9. The van der Waals surface area contributed by atoms with Crippen LogP contribution in [0.25, 0.3) is 11.0 Å². The van der Waals surface area contributed by atoms with Crippen LogP contribution in [0.4, 0.5) is 0 Å². The second-order valence-electron chi connectivity index (χ2n) is 2.42. The van der Waals surface area contributed by atoms with Gasteiger partial charge < -0.3 is 4.42 Å². The molecule has 3 heteroatoms. The van der Waals surface area contributed by atoms with Gasteiger partial charge in [0.25, 0.3) is 5.24 Å². The van der Waals surface area contributed by atoms with Crippen LogP contribution in [0.1, 0.15) is 10.4 Å². The third-order valence-electron chi connectivity index (χ3n) is 1.69. The molecule has 0 saturated heterocycles. The van der Waals surface area contributed by atoms with E-state index in [1.807, 2.05) is 6.07 Å². The molecule has 0 saturated carbocycles. The number of carbonyl (C=O) groups excluding carboxylic acids is 1. The lowest BCUT2D eigenvalue weighted by atomic mass is 10.2. The lowest BCUT2D eigenvalue weighted by Crippen LogP contribution is -1.87. The fraction of sp³-hybridized carbons (Fsp3) is 0. The molecule has 0 bridgehead atoms. The summed E-state index contributed by atoms with van der Waals surface area (Å²) in [5.41, 5.74) is 0.969. The van der Waals surface area contributed by atoms with Crippen molar-refractivity contribution < 1.29 is 9.21 Å². The molecule has 0 aliphatic rings. The zero-order valence-corrected chi connectivity index (χ0v) is 6.84. The summed E-state index contributed by atoms with van der Waals surface area (Å²) in [7, 11) is 0. The van der Waals surface area contributed by atoms with Crippen LogP contribution in [0.2, 0.25) is 0 Å². The lowest BCUT2D eigenvalue weighted by molar-refractivity contribution is 0.108. The number of carbonyl (C=O) groups is 1. The first-order chi connectivity index (χ1) is 5.79. The molecule has 0 unspecified atom stereocenters. The van der Waals surface area contributed by atoms with Gasteiger partial charge in [0.2, 0.25) is 0 Å². The molecule has 0 aliphatic carbocycles. The predicted octanol–water partition coefficient (Wildman–Crippen LogP) is 2.81. The van der Waals surface area contributed by atoms with Gasteiger partial charge >= 0.3 is 0 Å². The third-order valence-corrected chi connectivity index (χ3v) is 1.89. The highest BCUT2D eigenvalue weighted by Crippen LogP contribution is 2.20. The molecule has 2 aromatic rings. The highest BCUT2D eigenvalue weighted by atomic mass is 35.5. The van der Waals surface area contributed by atoms with Crippen molar-refractivity contribution >= 4 is 27.8 Å². The van der Waals surface area contributed by atoms with E-state index in [4.69, 9.17) is 16.0 Å². The number of hydrogen-bond donors (Lipinski definition) is 0. The van der Waals surface area contributed by atoms with Crippen molar-refractivity contribution in [3.8, 4) is 0 Å². The van der Waals surface area contributed by atoms with Crippen LogP contribution in [0.15, 0.2) is 34.9 Å². The summed E-state index contributed by atoms with van der Waals surface area (Å²) in [5.74, 6) is 0. The average Bonchev–Trinajstić information content (AvgIpc) is 2.49. The Labute approximate surface area is 73.7 Å². The van der Waals surface area contributed by atoms with Crippen molar-refractivity contribution in [2.45, 2.75) is 0 Å². The number of para-hydroxylation sites is 1. The summed E-state index contributed by atoms with van der Waals surface area (Å²) in [4.78, 5) is 10.9. The number of hydrogen-bond acceptors (Lipinski definition) is 2. The second kappa shape index (κ2) is 2.64. The van der Waals surface area contributed by atoms with Gasteiger partial charge in [0.15, 0.2) is 0 Å². The molecule has 0 N–H and O–H groups in total. The number of furan rings is 1. The summed E-state index contributed by atoms with van der Waals surface area (Å²) < 4.78 is 5.11. The summed E-state index contributed by atoms with van der Waals surface area (Å²) in [6, 6.07) is 7.06. The van der Waals surface area contributed by atoms with Crippen molar-refractivity contribution in [3.05, 3.63) is 36.1 Å². The first-order valence-corrected chi connectivity index (χ1v) is 3.83. The molecule has 1 aromatic carbocycles. The average molecular weight is 181 g/mol.